The molecule has 0 bridgehead atoms. The summed E-state index contributed by atoms with van der Waals surface area (Å²) in [5.74, 6) is 0.401. The first kappa shape index (κ1) is 15.8. The minimum absolute atomic E-state index is 0.0523. The van der Waals surface area contributed by atoms with E-state index in [2.05, 4.69) is 40.7 Å². The first-order valence-electron chi connectivity index (χ1n) is 8.56. The van der Waals surface area contributed by atoms with Crippen molar-refractivity contribution in [1.29, 1.82) is 0 Å². The molecule has 2 aliphatic rings. The summed E-state index contributed by atoms with van der Waals surface area (Å²) < 4.78 is 0. The Kier molecular flexibility index (Phi) is 4.84. The summed E-state index contributed by atoms with van der Waals surface area (Å²) in [5.41, 5.74) is 2.45. The lowest BCUT2D eigenvalue weighted by molar-refractivity contribution is -0.128. The van der Waals surface area contributed by atoms with E-state index < -0.39 is 0 Å². The lowest BCUT2D eigenvalue weighted by Crippen LogP contribution is -2.49. The number of nitrogens with one attached hydrogen (secondary N) is 2. The SMILES string of the molecule is CC1CCN(CC(=O)NC2CCCCNC2=O)c2ccccc21. The highest BCUT2D eigenvalue weighted by atomic mass is 16.2. The van der Waals surface area contributed by atoms with E-state index in [1.54, 1.807) is 0 Å². The molecule has 1 saturated heterocycles. The first-order valence-corrected chi connectivity index (χ1v) is 8.56. The molecular weight excluding hydrogens is 290 g/mol. The highest BCUT2D eigenvalue weighted by molar-refractivity contribution is 5.89. The molecule has 2 atom stereocenters. The molecular formula is C18H25N3O2. The van der Waals surface area contributed by atoms with Crippen molar-refractivity contribution in [2.45, 2.75) is 44.6 Å². The van der Waals surface area contributed by atoms with Gasteiger partial charge in [-0.25, -0.2) is 0 Å². The number of hydrogen-bond donors (Lipinski definition) is 2. The number of anilines is 1. The normalized spacial score (nSPS) is 24.4. The van der Waals surface area contributed by atoms with Crippen LogP contribution in [0.1, 0.15) is 44.1 Å². The zero-order valence-corrected chi connectivity index (χ0v) is 13.7. The predicted molar refractivity (Wildman–Crippen MR) is 90.5 cm³/mol. The lowest BCUT2D eigenvalue weighted by Gasteiger charge is -2.34. The van der Waals surface area contributed by atoms with Crippen molar-refractivity contribution in [3.63, 3.8) is 0 Å². The molecule has 2 heterocycles. The second-order valence-electron chi connectivity index (χ2n) is 6.58. The van der Waals surface area contributed by atoms with Gasteiger partial charge in [-0.1, -0.05) is 25.1 Å². The van der Waals surface area contributed by atoms with E-state index in [4.69, 9.17) is 0 Å². The van der Waals surface area contributed by atoms with Crippen molar-refractivity contribution in [3.05, 3.63) is 29.8 Å². The van der Waals surface area contributed by atoms with Gasteiger partial charge in [-0.3, -0.25) is 9.59 Å². The van der Waals surface area contributed by atoms with Gasteiger partial charge in [0.05, 0.1) is 6.54 Å². The summed E-state index contributed by atoms with van der Waals surface area (Å²) in [7, 11) is 0. The number of para-hydroxylation sites is 1. The van der Waals surface area contributed by atoms with Crippen LogP contribution in [0.5, 0.6) is 0 Å². The highest BCUT2D eigenvalue weighted by Crippen LogP contribution is 2.34. The molecule has 0 spiro atoms. The van der Waals surface area contributed by atoms with E-state index in [0.717, 1.165) is 37.9 Å². The topological polar surface area (TPSA) is 61.4 Å². The minimum Gasteiger partial charge on any atom is -0.362 e. The first-order chi connectivity index (χ1) is 11.1. The lowest BCUT2D eigenvalue weighted by atomic mass is 9.91. The zero-order chi connectivity index (χ0) is 16.2. The Bertz CT molecular complexity index is 587. The van der Waals surface area contributed by atoms with Crippen LogP contribution in [0, 0.1) is 0 Å². The smallest absolute Gasteiger partial charge is 0.242 e. The zero-order valence-electron chi connectivity index (χ0n) is 13.7. The maximum Gasteiger partial charge on any atom is 0.242 e. The molecule has 2 N–H and O–H groups in total. The fourth-order valence-corrected chi connectivity index (χ4v) is 3.47. The molecule has 124 valence electrons. The van der Waals surface area contributed by atoms with Crippen molar-refractivity contribution in [2.75, 3.05) is 24.5 Å². The molecule has 23 heavy (non-hydrogen) atoms. The molecule has 1 fully saturated rings. The summed E-state index contributed by atoms with van der Waals surface area (Å²) >= 11 is 0. The Balaban J connectivity index is 1.64. The van der Waals surface area contributed by atoms with Gasteiger partial charge in [0.2, 0.25) is 11.8 Å². The standard InChI is InChI=1S/C18H25N3O2/c1-13-9-11-21(16-8-3-2-6-14(13)16)12-17(22)20-15-7-4-5-10-19-18(15)23/h2-3,6,8,13,15H,4-5,7,9-12H2,1H3,(H,19,23)(H,20,22). The molecule has 2 unspecified atom stereocenters. The Morgan fingerprint density at radius 3 is 3.00 bits per heavy atom. The van der Waals surface area contributed by atoms with Crippen LogP contribution < -0.4 is 15.5 Å². The number of benzene rings is 1. The number of carbonyl (C=O) groups is 2. The van der Waals surface area contributed by atoms with E-state index in [1.807, 2.05) is 6.07 Å². The van der Waals surface area contributed by atoms with Crippen molar-refractivity contribution in [1.82, 2.24) is 10.6 Å². The average Bonchev–Trinajstić information content (AvgIpc) is 2.75. The van der Waals surface area contributed by atoms with Crippen molar-refractivity contribution in [3.8, 4) is 0 Å². The number of amides is 2. The quantitative estimate of drug-likeness (QED) is 0.894. The van der Waals surface area contributed by atoms with E-state index in [-0.39, 0.29) is 17.9 Å². The maximum atomic E-state index is 12.4. The Morgan fingerprint density at radius 2 is 2.13 bits per heavy atom. The molecule has 2 amide bonds. The Hall–Kier alpha value is -2.04. The van der Waals surface area contributed by atoms with Gasteiger partial charge in [0, 0.05) is 18.8 Å². The molecule has 0 aliphatic carbocycles. The molecule has 5 heteroatoms. The third kappa shape index (κ3) is 3.66. The fraction of sp³-hybridized carbons (Fsp3) is 0.556. The third-order valence-corrected chi connectivity index (χ3v) is 4.85. The van der Waals surface area contributed by atoms with Crippen LogP contribution >= 0.6 is 0 Å². The summed E-state index contributed by atoms with van der Waals surface area (Å²) in [6.45, 7) is 4.13. The van der Waals surface area contributed by atoms with E-state index in [0.29, 0.717) is 19.0 Å². The van der Waals surface area contributed by atoms with Gasteiger partial charge in [-0.2, -0.15) is 0 Å². The van der Waals surface area contributed by atoms with E-state index >= 15 is 0 Å². The predicted octanol–water partition coefficient (Wildman–Crippen LogP) is 1.79. The molecule has 5 nitrogen and oxygen atoms in total. The molecule has 0 saturated carbocycles. The third-order valence-electron chi connectivity index (χ3n) is 4.85. The minimum atomic E-state index is -0.385. The van der Waals surface area contributed by atoms with Gasteiger partial charge in [-0.05, 0) is 43.2 Å². The van der Waals surface area contributed by atoms with Crippen molar-refractivity contribution < 1.29 is 9.59 Å². The van der Waals surface area contributed by atoms with Gasteiger partial charge in [-0.15, -0.1) is 0 Å². The summed E-state index contributed by atoms with van der Waals surface area (Å²) in [5, 5.41) is 5.76. The van der Waals surface area contributed by atoms with Crippen molar-refractivity contribution >= 4 is 17.5 Å². The van der Waals surface area contributed by atoms with Crippen LogP contribution in [0.25, 0.3) is 0 Å². The van der Waals surface area contributed by atoms with E-state index in [1.165, 1.54) is 5.56 Å². The molecule has 1 aromatic rings. The van der Waals surface area contributed by atoms with Crippen LogP contribution in [0.15, 0.2) is 24.3 Å². The van der Waals surface area contributed by atoms with Crippen LogP contribution in [0.2, 0.25) is 0 Å². The van der Waals surface area contributed by atoms with Crippen molar-refractivity contribution in [2.24, 2.45) is 0 Å². The molecule has 3 rings (SSSR count). The fourth-order valence-electron chi connectivity index (χ4n) is 3.47. The number of fused-ring (bicyclic) bond motifs is 1. The van der Waals surface area contributed by atoms with Crippen LogP contribution in [-0.4, -0.2) is 37.5 Å². The van der Waals surface area contributed by atoms with Gasteiger partial charge in [0.15, 0.2) is 0 Å². The molecule has 0 aromatic heterocycles. The van der Waals surface area contributed by atoms with E-state index in [9.17, 15) is 9.59 Å². The summed E-state index contributed by atoms with van der Waals surface area (Å²) in [6.07, 6.45) is 3.72. The maximum absolute atomic E-state index is 12.4. The van der Waals surface area contributed by atoms with Gasteiger partial charge in [0.25, 0.3) is 0 Å². The molecule has 2 aliphatic heterocycles. The summed E-state index contributed by atoms with van der Waals surface area (Å²) in [4.78, 5) is 26.5. The van der Waals surface area contributed by atoms with Crippen LogP contribution in [-0.2, 0) is 9.59 Å². The largest absolute Gasteiger partial charge is 0.362 e. The second kappa shape index (κ2) is 7.02. The highest BCUT2D eigenvalue weighted by Gasteiger charge is 2.26. The number of rotatable bonds is 3. The molecule has 0 radical (unpaired) electrons. The van der Waals surface area contributed by atoms with Crippen LogP contribution in [0.4, 0.5) is 5.69 Å². The Morgan fingerprint density at radius 1 is 1.30 bits per heavy atom. The summed E-state index contributed by atoms with van der Waals surface area (Å²) in [6, 6.07) is 7.90. The number of nitrogens with zero attached hydrogens (tertiary/aromatic N) is 1. The van der Waals surface area contributed by atoms with Gasteiger partial charge >= 0.3 is 0 Å². The number of hydrogen-bond acceptors (Lipinski definition) is 3. The monoisotopic (exact) mass is 315 g/mol. The van der Waals surface area contributed by atoms with Gasteiger partial charge < -0.3 is 15.5 Å². The molecule has 1 aromatic carbocycles. The second-order valence-corrected chi connectivity index (χ2v) is 6.58. The Labute approximate surface area is 137 Å². The van der Waals surface area contributed by atoms with Crippen LogP contribution in [0.3, 0.4) is 0 Å². The average molecular weight is 315 g/mol. The number of carbonyl (C=O) groups excluding carboxylic acids is 2. The van der Waals surface area contributed by atoms with Gasteiger partial charge in [0.1, 0.15) is 6.04 Å².